The van der Waals surface area contributed by atoms with Crippen LogP contribution in [-0.4, -0.2) is 36.7 Å². The van der Waals surface area contributed by atoms with Crippen molar-refractivity contribution in [3.8, 4) is 0 Å². The lowest BCUT2D eigenvalue weighted by molar-refractivity contribution is 0.0222. The highest BCUT2D eigenvalue weighted by molar-refractivity contribution is 5.70. The Morgan fingerprint density at radius 1 is 1.19 bits per heavy atom. The van der Waals surface area contributed by atoms with Crippen LogP contribution >= 0.6 is 0 Å². The minimum atomic E-state index is -0.305. The maximum absolute atomic E-state index is 13.4. The first-order chi connectivity index (χ1) is 13.0. The van der Waals surface area contributed by atoms with Crippen molar-refractivity contribution < 1.29 is 13.9 Å². The minimum absolute atomic E-state index is 0.0886. The van der Waals surface area contributed by atoms with E-state index in [4.69, 9.17) is 4.74 Å². The summed E-state index contributed by atoms with van der Waals surface area (Å²) >= 11 is 0. The van der Waals surface area contributed by atoms with Crippen LogP contribution in [0.3, 0.4) is 0 Å². The molecule has 0 bridgehead atoms. The predicted octanol–water partition coefficient (Wildman–Crippen LogP) is 3.91. The van der Waals surface area contributed by atoms with Crippen LogP contribution in [0.15, 0.2) is 48.5 Å². The van der Waals surface area contributed by atoms with E-state index in [0.29, 0.717) is 13.1 Å². The van der Waals surface area contributed by atoms with Gasteiger partial charge in [-0.1, -0.05) is 50.2 Å². The minimum Gasteiger partial charge on any atom is -0.444 e. The second-order valence-corrected chi connectivity index (χ2v) is 8.09. The van der Waals surface area contributed by atoms with Gasteiger partial charge in [0, 0.05) is 25.0 Å². The Labute approximate surface area is 159 Å². The van der Waals surface area contributed by atoms with Crippen LogP contribution in [0.5, 0.6) is 0 Å². The molecule has 1 fully saturated rings. The average Bonchev–Trinajstić information content (AvgIpc) is 2.99. The number of rotatable bonds is 2. The molecule has 0 spiro atoms. The molecule has 0 unspecified atom stereocenters. The lowest BCUT2D eigenvalue weighted by atomic mass is 9.88. The van der Waals surface area contributed by atoms with Gasteiger partial charge in [0.05, 0.1) is 6.04 Å². The number of hydrogen-bond acceptors (Lipinski definition) is 3. The van der Waals surface area contributed by atoms with Gasteiger partial charge in [-0.2, -0.15) is 0 Å². The van der Waals surface area contributed by atoms with Gasteiger partial charge in [-0.05, 0) is 35.2 Å². The predicted molar refractivity (Wildman–Crippen MR) is 102 cm³/mol. The number of benzene rings is 2. The van der Waals surface area contributed by atoms with Gasteiger partial charge >= 0.3 is 6.09 Å². The van der Waals surface area contributed by atoms with Crippen molar-refractivity contribution in [2.24, 2.45) is 5.41 Å². The summed E-state index contributed by atoms with van der Waals surface area (Å²) in [5.74, 6) is -0.282. The van der Waals surface area contributed by atoms with E-state index in [2.05, 4.69) is 25.2 Å². The molecule has 0 aromatic heterocycles. The van der Waals surface area contributed by atoms with Crippen molar-refractivity contribution in [2.45, 2.75) is 32.4 Å². The highest BCUT2D eigenvalue weighted by Crippen LogP contribution is 2.36. The fourth-order valence-corrected chi connectivity index (χ4v) is 4.07. The third kappa shape index (κ3) is 3.44. The number of fused-ring (bicyclic) bond motifs is 1. The molecule has 4 rings (SSSR count). The van der Waals surface area contributed by atoms with E-state index in [9.17, 15) is 9.18 Å². The van der Waals surface area contributed by atoms with Gasteiger partial charge < -0.3 is 10.1 Å². The van der Waals surface area contributed by atoms with E-state index < -0.39 is 0 Å². The van der Waals surface area contributed by atoms with E-state index >= 15 is 0 Å². The normalized spacial score (nSPS) is 23.7. The first-order valence-electron chi connectivity index (χ1n) is 9.47. The fraction of sp³-hybridized carbons (Fsp3) is 0.409. The summed E-state index contributed by atoms with van der Waals surface area (Å²) < 4.78 is 19.4. The number of halogens is 1. The zero-order valence-corrected chi connectivity index (χ0v) is 15.7. The highest BCUT2D eigenvalue weighted by atomic mass is 19.1. The number of amides is 1. The number of carbonyl (C=O) groups excluding carboxylic acids is 1. The number of hydrogen-bond donors (Lipinski definition) is 1. The topological polar surface area (TPSA) is 41.6 Å². The van der Waals surface area contributed by atoms with E-state index in [1.54, 1.807) is 17.0 Å². The second kappa shape index (κ2) is 6.97. The molecule has 2 aliphatic heterocycles. The van der Waals surface area contributed by atoms with Gasteiger partial charge in [-0.15, -0.1) is 0 Å². The lowest BCUT2D eigenvalue weighted by Gasteiger charge is -2.38. The zero-order chi connectivity index (χ0) is 19.0. The summed E-state index contributed by atoms with van der Waals surface area (Å²) in [6.45, 7) is 6.29. The molecule has 0 aliphatic carbocycles. The maximum atomic E-state index is 13.4. The molecule has 0 radical (unpaired) electrons. The van der Waals surface area contributed by atoms with Crippen molar-refractivity contribution in [3.63, 3.8) is 0 Å². The summed E-state index contributed by atoms with van der Waals surface area (Å²) in [5.41, 5.74) is 3.11. The Balaban J connectivity index is 1.66. The summed E-state index contributed by atoms with van der Waals surface area (Å²) in [7, 11) is 0. The molecule has 2 heterocycles. The Morgan fingerprint density at radius 3 is 2.63 bits per heavy atom. The van der Waals surface area contributed by atoms with Crippen molar-refractivity contribution in [1.29, 1.82) is 0 Å². The summed E-state index contributed by atoms with van der Waals surface area (Å²) in [6, 6.07) is 14.3. The van der Waals surface area contributed by atoms with Gasteiger partial charge in [0.2, 0.25) is 0 Å². The summed E-state index contributed by atoms with van der Waals surface area (Å²) in [4.78, 5) is 14.9. The number of ether oxygens (including phenoxy) is 1. The van der Waals surface area contributed by atoms with Crippen LogP contribution in [0.4, 0.5) is 9.18 Å². The van der Waals surface area contributed by atoms with E-state index in [0.717, 1.165) is 24.1 Å². The third-order valence-corrected chi connectivity index (χ3v) is 5.73. The molecule has 1 amide bonds. The van der Waals surface area contributed by atoms with Crippen molar-refractivity contribution >= 4 is 6.09 Å². The van der Waals surface area contributed by atoms with Crippen LogP contribution in [0.1, 0.15) is 36.6 Å². The molecule has 1 saturated heterocycles. The fourth-order valence-electron chi connectivity index (χ4n) is 4.07. The second-order valence-electron chi connectivity index (χ2n) is 8.09. The molecule has 4 nitrogen and oxygen atoms in total. The number of nitrogens with one attached hydrogen (secondary N) is 1. The summed E-state index contributed by atoms with van der Waals surface area (Å²) in [6.07, 6.45) is 0.326. The molecule has 27 heavy (non-hydrogen) atoms. The zero-order valence-electron chi connectivity index (χ0n) is 15.7. The van der Waals surface area contributed by atoms with Gasteiger partial charge in [0.25, 0.3) is 0 Å². The van der Waals surface area contributed by atoms with Crippen LogP contribution in [0.2, 0.25) is 0 Å². The van der Waals surface area contributed by atoms with Crippen LogP contribution in [-0.2, 0) is 11.2 Å². The first-order valence-corrected chi connectivity index (χ1v) is 9.47. The van der Waals surface area contributed by atoms with Crippen molar-refractivity contribution in [2.75, 3.05) is 19.6 Å². The highest BCUT2D eigenvalue weighted by Gasteiger charge is 2.40. The quantitative estimate of drug-likeness (QED) is 0.874. The smallest absolute Gasteiger partial charge is 0.410 e. The molecule has 2 atom stereocenters. The maximum Gasteiger partial charge on any atom is 0.410 e. The van der Waals surface area contributed by atoms with Crippen LogP contribution in [0.25, 0.3) is 0 Å². The van der Waals surface area contributed by atoms with Crippen molar-refractivity contribution in [1.82, 2.24) is 10.2 Å². The average molecular weight is 368 g/mol. The Morgan fingerprint density at radius 2 is 1.93 bits per heavy atom. The van der Waals surface area contributed by atoms with E-state index in [1.165, 1.54) is 17.7 Å². The summed E-state index contributed by atoms with van der Waals surface area (Å²) in [5, 5.41) is 3.30. The molecule has 142 valence electrons. The molecular formula is C22H25FN2O2. The molecule has 5 heteroatoms. The van der Waals surface area contributed by atoms with Gasteiger partial charge in [0.1, 0.15) is 11.9 Å². The SMILES string of the molecule is CC1(C)CNC[C@@H]1OC(=O)N1CCc2ccccc2[C@@H]1c1ccc(F)cc1. The molecule has 2 aliphatic rings. The third-order valence-electron chi connectivity index (χ3n) is 5.73. The van der Waals surface area contributed by atoms with E-state index in [-0.39, 0.29) is 29.5 Å². The standard InChI is InChI=1S/C22H25FN2O2/c1-22(2)14-24-13-19(22)27-21(26)25-12-11-15-5-3-4-6-18(15)20(25)16-7-9-17(23)10-8-16/h3-10,19-20,24H,11-14H2,1-2H3/t19-,20-/m0/s1. The van der Waals surface area contributed by atoms with E-state index in [1.807, 2.05) is 18.2 Å². The van der Waals surface area contributed by atoms with Crippen LogP contribution < -0.4 is 5.32 Å². The number of carbonyl (C=O) groups is 1. The Bertz CT molecular complexity index is 834. The monoisotopic (exact) mass is 368 g/mol. The van der Waals surface area contributed by atoms with Gasteiger partial charge in [0.15, 0.2) is 0 Å². The van der Waals surface area contributed by atoms with Crippen molar-refractivity contribution in [3.05, 3.63) is 71.0 Å². The van der Waals surface area contributed by atoms with Crippen LogP contribution in [0, 0.1) is 11.2 Å². The first kappa shape index (κ1) is 18.0. The molecule has 1 N–H and O–H groups in total. The Hall–Kier alpha value is -2.40. The van der Waals surface area contributed by atoms with Gasteiger partial charge in [-0.25, -0.2) is 9.18 Å². The molecular weight excluding hydrogens is 343 g/mol. The molecule has 2 aromatic rings. The largest absolute Gasteiger partial charge is 0.444 e. The molecule has 0 saturated carbocycles. The lowest BCUT2D eigenvalue weighted by Crippen LogP contribution is -2.44. The molecule has 2 aromatic carbocycles. The number of nitrogens with zero attached hydrogens (tertiary/aromatic N) is 1. The van der Waals surface area contributed by atoms with Gasteiger partial charge in [-0.3, -0.25) is 4.90 Å². The Kier molecular flexibility index (Phi) is 4.64.